The fraction of sp³-hybridized carbons (Fsp3) is 0.462. The zero-order valence-electron chi connectivity index (χ0n) is 10.5. The lowest BCUT2D eigenvalue weighted by Crippen LogP contribution is -2.43. The second-order valence-electron chi connectivity index (χ2n) is 4.79. The van der Waals surface area contributed by atoms with Crippen molar-refractivity contribution >= 4 is 17.7 Å². The molecule has 1 aliphatic heterocycles. The van der Waals surface area contributed by atoms with Gasteiger partial charge in [-0.25, -0.2) is 8.78 Å². The molecular weight excluding hydrogens is 272 g/mol. The summed E-state index contributed by atoms with van der Waals surface area (Å²) in [7, 11) is 0. The van der Waals surface area contributed by atoms with Gasteiger partial charge in [-0.2, -0.15) is 11.8 Å². The molecule has 1 aliphatic rings. The zero-order chi connectivity index (χ0) is 14.0. The standard InChI is InChI=1S/C13H15F2NO2S/c1-8-4-9(11(15)5-10(8)14)12(17)16-6-13(18)2-3-19-7-13/h4-5,18H,2-3,6-7H2,1H3,(H,16,17). The molecule has 0 radical (unpaired) electrons. The molecule has 2 rings (SSSR count). The van der Waals surface area contributed by atoms with E-state index in [1.54, 1.807) is 11.8 Å². The van der Waals surface area contributed by atoms with Crippen LogP contribution in [0.1, 0.15) is 22.3 Å². The van der Waals surface area contributed by atoms with Crippen LogP contribution in [0.5, 0.6) is 0 Å². The molecule has 1 heterocycles. The molecule has 0 saturated carbocycles. The lowest BCUT2D eigenvalue weighted by Gasteiger charge is -2.21. The van der Waals surface area contributed by atoms with Crippen LogP contribution >= 0.6 is 11.8 Å². The molecule has 0 spiro atoms. The zero-order valence-corrected chi connectivity index (χ0v) is 11.3. The number of halogens is 2. The molecule has 1 atom stereocenters. The molecule has 1 fully saturated rings. The van der Waals surface area contributed by atoms with Crippen molar-refractivity contribution in [3.05, 3.63) is 34.9 Å². The van der Waals surface area contributed by atoms with Gasteiger partial charge in [-0.3, -0.25) is 4.79 Å². The SMILES string of the molecule is Cc1cc(C(=O)NCC2(O)CCSC2)c(F)cc1F. The van der Waals surface area contributed by atoms with Gasteiger partial charge in [0.05, 0.1) is 11.2 Å². The third-order valence-corrected chi connectivity index (χ3v) is 4.39. The number of hydrogen-bond acceptors (Lipinski definition) is 3. The van der Waals surface area contributed by atoms with Crippen LogP contribution < -0.4 is 5.32 Å². The van der Waals surface area contributed by atoms with Crippen LogP contribution in [0.25, 0.3) is 0 Å². The predicted octanol–water partition coefficient (Wildman–Crippen LogP) is 1.87. The lowest BCUT2D eigenvalue weighted by atomic mass is 10.0. The maximum Gasteiger partial charge on any atom is 0.254 e. The number of benzene rings is 1. The first kappa shape index (κ1) is 14.3. The van der Waals surface area contributed by atoms with E-state index >= 15 is 0 Å². The minimum Gasteiger partial charge on any atom is -0.387 e. The van der Waals surface area contributed by atoms with Crippen LogP contribution in [0.3, 0.4) is 0 Å². The molecule has 1 amide bonds. The molecule has 0 bridgehead atoms. The Bertz CT molecular complexity index is 502. The van der Waals surface area contributed by atoms with Crippen molar-refractivity contribution in [2.24, 2.45) is 0 Å². The summed E-state index contributed by atoms with van der Waals surface area (Å²) in [5.74, 6) is -0.812. The average molecular weight is 287 g/mol. The van der Waals surface area contributed by atoms with Crippen LogP contribution in [-0.4, -0.2) is 34.7 Å². The average Bonchev–Trinajstić information content (AvgIpc) is 2.78. The normalized spacial score (nSPS) is 22.5. The van der Waals surface area contributed by atoms with Crippen LogP contribution in [-0.2, 0) is 0 Å². The quantitative estimate of drug-likeness (QED) is 0.892. The fourth-order valence-electron chi connectivity index (χ4n) is 1.91. The molecule has 1 unspecified atom stereocenters. The number of rotatable bonds is 3. The summed E-state index contributed by atoms with van der Waals surface area (Å²) < 4.78 is 26.6. The van der Waals surface area contributed by atoms with Gasteiger partial charge in [0, 0.05) is 18.4 Å². The van der Waals surface area contributed by atoms with Crippen LogP contribution in [0, 0.1) is 18.6 Å². The number of aryl methyl sites for hydroxylation is 1. The van der Waals surface area contributed by atoms with Crippen molar-refractivity contribution < 1.29 is 18.7 Å². The van der Waals surface area contributed by atoms with E-state index < -0.39 is 23.1 Å². The first-order valence-electron chi connectivity index (χ1n) is 5.95. The van der Waals surface area contributed by atoms with E-state index in [1.165, 1.54) is 13.0 Å². The molecule has 1 aromatic rings. The number of carbonyl (C=O) groups is 1. The Morgan fingerprint density at radius 1 is 1.47 bits per heavy atom. The predicted molar refractivity (Wildman–Crippen MR) is 70.3 cm³/mol. The van der Waals surface area contributed by atoms with Crippen molar-refractivity contribution in [2.45, 2.75) is 18.9 Å². The minimum absolute atomic E-state index is 0.0781. The minimum atomic E-state index is -0.925. The Balaban J connectivity index is 2.06. The summed E-state index contributed by atoms with van der Waals surface area (Å²) in [5, 5.41) is 12.6. The van der Waals surface area contributed by atoms with E-state index in [0.717, 1.165) is 5.75 Å². The summed E-state index contributed by atoms with van der Waals surface area (Å²) in [6, 6.07) is 1.87. The maximum atomic E-state index is 13.5. The highest BCUT2D eigenvalue weighted by molar-refractivity contribution is 7.99. The van der Waals surface area contributed by atoms with Gasteiger partial charge in [-0.15, -0.1) is 0 Å². The van der Waals surface area contributed by atoms with Gasteiger partial charge >= 0.3 is 0 Å². The number of nitrogens with one attached hydrogen (secondary N) is 1. The van der Waals surface area contributed by atoms with Crippen LogP contribution in [0.4, 0.5) is 8.78 Å². The van der Waals surface area contributed by atoms with Gasteiger partial charge in [0.25, 0.3) is 5.91 Å². The summed E-state index contributed by atoms with van der Waals surface area (Å²) >= 11 is 1.61. The number of amides is 1. The van der Waals surface area contributed by atoms with E-state index in [2.05, 4.69) is 5.32 Å². The largest absolute Gasteiger partial charge is 0.387 e. The van der Waals surface area contributed by atoms with Gasteiger partial charge in [-0.1, -0.05) is 0 Å². The van der Waals surface area contributed by atoms with Crippen molar-refractivity contribution in [3.63, 3.8) is 0 Å². The van der Waals surface area contributed by atoms with Crippen LogP contribution in [0.2, 0.25) is 0 Å². The molecule has 19 heavy (non-hydrogen) atoms. The van der Waals surface area contributed by atoms with Gasteiger partial charge in [0.2, 0.25) is 0 Å². The van der Waals surface area contributed by atoms with Gasteiger partial charge in [0.15, 0.2) is 0 Å². The molecule has 1 saturated heterocycles. The Labute approximate surface area is 114 Å². The summed E-state index contributed by atoms with van der Waals surface area (Å²) in [6.45, 7) is 1.54. The highest BCUT2D eigenvalue weighted by Gasteiger charge is 2.32. The highest BCUT2D eigenvalue weighted by atomic mass is 32.2. The Hall–Kier alpha value is -1.14. The third kappa shape index (κ3) is 3.25. The molecule has 3 nitrogen and oxygen atoms in total. The molecule has 0 aromatic heterocycles. The first-order valence-corrected chi connectivity index (χ1v) is 7.11. The topological polar surface area (TPSA) is 49.3 Å². The molecule has 0 aliphatic carbocycles. The number of aliphatic hydroxyl groups is 1. The van der Waals surface area contributed by atoms with Crippen molar-refractivity contribution in [1.82, 2.24) is 5.32 Å². The second-order valence-corrected chi connectivity index (χ2v) is 5.90. The van der Waals surface area contributed by atoms with Crippen molar-refractivity contribution in [1.29, 1.82) is 0 Å². The van der Waals surface area contributed by atoms with E-state index in [0.29, 0.717) is 18.2 Å². The second kappa shape index (κ2) is 5.46. The number of thioether (sulfide) groups is 1. The van der Waals surface area contributed by atoms with Crippen molar-refractivity contribution in [2.75, 3.05) is 18.1 Å². The number of carbonyl (C=O) groups excluding carboxylic acids is 1. The smallest absolute Gasteiger partial charge is 0.254 e. The molecule has 1 aromatic carbocycles. The van der Waals surface area contributed by atoms with Crippen LogP contribution in [0.15, 0.2) is 12.1 Å². The van der Waals surface area contributed by atoms with Gasteiger partial charge < -0.3 is 10.4 Å². The molecule has 2 N–H and O–H groups in total. The van der Waals surface area contributed by atoms with E-state index in [9.17, 15) is 18.7 Å². The van der Waals surface area contributed by atoms with Gasteiger partial charge in [-0.05, 0) is 30.7 Å². The summed E-state index contributed by atoms with van der Waals surface area (Å²) in [4.78, 5) is 11.8. The number of hydrogen-bond donors (Lipinski definition) is 2. The molecule has 104 valence electrons. The Morgan fingerprint density at radius 3 is 2.84 bits per heavy atom. The summed E-state index contributed by atoms with van der Waals surface area (Å²) in [5.41, 5.74) is -0.916. The molecule has 6 heteroatoms. The fourth-order valence-corrected chi connectivity index (χ4v) is 3.20. The lowest BCUT2D eigenvalue weighted by molar-refractivity contribution is 0.0611. The Kier molecular flexibility index (Phi) is 4.10. The third-order valence-electron chi connectivity index (χ3n) is 3.15. The van der Waals surface area contributed by atoms with Gasteiger partial charge in [0.1, 0.15) is 11.6 Å². The first-order chi connectivity index (χ1) is 8.91. The molecular formula is C13H15F2NO2S. The van der Waals surface area contributed by atoms with E-state index in [1.807, 2.05) is 0 Å². The maximum absolute atomic E-state index is 13.5. The highest BCUT2D eigenvalue weighted by Crippen LogP contribution is 2.27. The van der Waals surface area contributed by atoms with Crippen molar-refractivity contribution in [3.8, 4) is 0 Å². The summed E-state index contributed by atoms with van der Waals surface area (Å²) in [6.07, 6.45) is 0.600. The van der Waals surface area contributed by atoms with E-state index in [4.69, 9.17) is 0 Å². The Morgan fingerprint density at radius 2 is 2.21 bits per heavy atom. The van der Waals surface area contributed by atoms with E-state index in [-0.39, 0.29) is 17.7 Å². The monoisotopic (exact) mass is 287 g/mol.